The molecule has 1 saturated heterocycles. The van der Waals surface area contributed by atoms with Crippen LogP contribution >= 0.6 is 0 Å². The summed E-state index contributed by atoms with van der Waals surface area (Å²) in [6.07, 6.45) is 2.49. The number of anilines is 1. The van der Waals surface area contributed by atoms with E-state index in [1.54, 1.807) is 6.20 Å². The van der Waals surface area contributed by atoms with E-state index in [0.717, 1.165) is 56.1 Å². The first-order chi connectivity index (χ1) is 16.1. The molecule has 0 atom stereocenters. The molecule has 0 amide bonds. The Labute approximate surface area is 191 Å². The number of piperazine rings is 1. The SMILES string of the molecule is CCc1cccc2nc(-c3cccnc3N3CCN(Cc4ccc(F)cc4)CC3)oc(=O)c12. The quantitative estimate of drug-likeness (QED) is 0.458. The molecule has 1 fully saturated rings. The molecule has 33 heavy (non-hydrogen) atoms. The lowest BCUT2D eigenvalue weighted by atomic mass is 10.1. The Hall–Kier alpha value is -3.58. The molecule has 4 aromatic rings. The molecule has 2 aromatic heterocycles. The molecule has 6 nitrogen and oxygen atoms in total. The van der Waals surface area contributed by atoms with Gasteiger partial charge in [-0.2, -0.15) is 0 Å². The number of fused-ring (bicyclic) bond motifs is 1. The molecule has 0 spiro atoms. The third-order valence-corrected chi connectivity index (χ3v) is 6.13. The first-order valence-electron chi connectivity index (χ1n) is 11.2. The van der Waals surface area contributed by atoms with Crippen molar-refractivity contribution in [1.29, 1.82) is 0 Å². The second kappa shape index (κ2) is 9.11. The highest BCUT2D eigenvalue weighted by Crippen LogP contribution is 2.29. The Morgan fingerprint density at radius 3 is 2.55 bits per heavy atom. The lowest BCUT2D eigenvalue weighted by molar-refractivity contribution is 0.249. The van der Waals surface area contributed by atoms with Gasteiger partial charge in [-0.3, -0.25) is 4.90 Å². The Morgan fingerprint density at radius 1 is 1.00 bits per heavy atom. The number of rotatable bonds is 5. The molecule has 7 heteroatoms. The Balaban J connectivity index is 1.39. The van der Waals surface area contributed by atoms with Crippen molar-refractivity contribution in [3.63, 3.8) is 0 Å². The summed E-state index contributed by atoms with van der Waals surface area (Å²) in [5, 5.41) is 0.545. The van der Waals surface area contributed by atoms with E-state index < -0.39 is 0 Å². The van der Waals surface area contributed by atoms with Crippen LogP contribution in [0.3, 0.4) is 0 Å². The first-order valence-corrected chi connectivity index (χ1v) is 11.2. The van der Waals surface area contributed by atoms with Crippen molar-refractivity contribution >= 4 is 16.7 Å². The number of nitrogens with zero attached hydrogens (tertiary/aromatic N) is 4. The predicted molar refractivity (Wildman–Crippen MR) is 127 cm³/mol. The minimum absolute atomic E-state index is 0.217. The molecule has 2 aromatic carbocycles. The molecule has 5 rings (SSSR count). The van der Waals surface area contributed by atoms with Gasteiger partial charge < -0.3 is 9.32 Å². The molecule has 0 radical (unpaired) electrons. The molecule has 0 unspecified atom stereocenters. The zero-order chi connectivity index (χ0) is 22.8. The van der Waals surface area contributed by atoms with Gasteiger partial charge in [-0.1, -0.05) is 31.2 Å². The van der Waals surface area contributed by atoms with Crippen molar-refractivity contribution in [3.05, 3.63) is 88.2 Å². The molecule has 3 heterocycles. The summed E-state index contributed by atoms with van der Waals surface area (Å²) < 4.78 is 18.9. The summed E-state index contributed by atoms with van der Waals surface area (Å²) in [5.41, 5.74) is 3.01. The van der Waals surface area contributed by atoms with E-state index in [-0.39, 0.29) is 17.3 Å². The molecular formula is C26H25FN4O2. The van der Waals surface area contributed by atoms with Crippen LogP contribution in [0.2, 0.25) is 0 Å². The van der Waals surface area contributed by atoms with Crippen LogP contribution < -0.4 is 10.5 Å². The second-order valence-electron chi connectivity index (χ2n) is 8.24. The summed E-state index contributed by atoms with van der Waals surface area (Å²) in [6.45, 7) is 6.05. The van der Waals surface area contributed by atoms with Crippen molar-refractivity contribution in [2.45, 2.75) is 19.9 Å². The lowest BCUT2D eigenvalue weighted by Gasteiger charge is -2.36. The molecule has 1 aliphatic rings. The van der Waals surface area contributed by atoms with Gasteiger partial charge in [-0.15, -0.1) is 0 Å². The predicted octanol–water partition coefficient (Wildman–Crippen LogP) is 4.27. The third-order valence-electron chi connectivity index (χ3n) is 6.13. The average molecular weight is 445 g/mol. The Morgan fingerprint density at radius 2 is 1.79 bits per heavy atom. The van der Waals surface area contributed by atoms with E-state index in [9.17, 15) is 9.18 Å². The maximum atomic E-state index is 13.2. The minimum Gasteiger partial charge on any atom is -0.403 e. The Bertz CT molecular complexity index is 1330. The number of aryl methyl sites for hydroxylation is 1. The molecule has 168 valence electrons. The number of pyridine rings is 1. The first kappa shape index (κ1) is 21.3. The molecule has 0 aliphatic carbocycles. The maximum Gasteiger partial charge on any atom is 0.347 e. The van der Waals surface area contributed by atoms with Crippen LogP contribution in [-0.2, 0) is 13.0 Å². The lowest BCUT2D eigenvalue weighted by Crippen LogP contribution is -2.46. The molecule has 0 bridgehead atoms. The van der Waals surface area contributed by atoms with Crippen LogP contribution in [0.1, 0.15) is 18.1 Å². The van der Waals surface area contributed by atoms with E-state index in [1.165, 1.54) is 12.1 Å². The fourth-order valence-electron chi connectivity index (χ4n) is 4.38. The zero-order valence-corrected chi connectivity index (χ0v) is 18.5. The van der Waals surface area contributed by atoms with E-state index in [1.807, 2.05) is 49.4 Å². The number of hydrogen-bond donors (Lipinski definition) is 0. The minimum atomic E-state index is -0.369. The van der Waals surface area contributed by atoms with Crippen molar-refractivity contribution < 1.29 is 8.81 Å². The monoisotopic (exact) mass is 444 g/mol. The van der Waals surface area contributed by atoms with Gasteiger partial charge in [0.2, 0.25) is 5.89 Å². The van der Waals surface area contributed by atoms with E-state index in [2.05, 4.69) is 19.8 Å². The second-order valence-corrected chi connectivity index (χ2v) is 8.24. The van der Waals surface area contributed by atoms with Gasteiger partial charge in [0.1, 0.15) is 11.6 Å². The highest BCUT2D eigenvalue weighted by Gasteiger charge is 2.23. The fraction of sp³-hybridized carbons (Fsp3) is 0.269. The summed E-state index contributed by atoms with van der Waals surface area (Å²) in [6, 6.07) is 16.1. The third kappa shape index (κ3) is 4.36. The van der Waals surface area contributed by atoms with Crippen LogP contribution in [-0.4, -0.2) is 41.0 Å². The van der Waals surface area contributed by atoms with Gasteiger partial charge in [0.15, 0.2) is 0 Å². The van der Waals surface area contributed by atoms with Gasteiger partial charge in [0.25, 0.3) is 0 Å². The van der Waals surface area contributed by atoms with Crippen LogP contribution in [0.25, 0.3) is 22.4 Å². The number of hydrogen-bond acceptors (Lipinski definition) is 6. The average Bonchev–Trinajstić information content (AvgIpc) is 2.85. The molecular weight excluding hydrogens is 419 g/mol. The highest BCUT2D eigenvalue weighted by molar-refractivity contribution is 5.83. The van der Waals surface area contributed by atoms with Gasteiger partial charge >= 0.3 is 5.63 Å². The summed E-state index contributed by atoms with van der Waals surface area (Å²) in [7, 11) is 0. The summed E-state index contributed by atoms with van der Waals surface area (Å²) in [5.74, 6) is 0.837. The summed E-state index contributed by atoms with van der Waals surface area (Å²) >= 11 is 0. The topological polar surface area (TPSA) is 62.5 Å². The number of aromatic nitrogens is 2. The maximum absolute atomic E-state index is 13.2. The molecule has 0 N–H and O–H groups in total. The van der Waals surface area contributed by atoms with Crippen molar-refractivity contribution in [2.75, 3.05) is 31.1 Å². The van der Waals surface area contributed by atoms with Crippen LogP contribution in [0.5, 0.6) is 0 Å². The Kier molecular flexibility index (Phi) is 5.88. The van der Waals surface area contributed by atoms with Gasteiger partial charge in [0.05, 0.1) is 16.5 Å². The fourth-order valence-corrected chi connectivity index (χ4v) is 4.38. The van der Waals surface area contributed by atoms with Crippen molar-refractivity contribution in [3.8, 4) is 11.5 Å². The van der Waals surface area contributed by atoms with Gasteiger partial charge in [0, 0.05) is 38.9 Å². The highest BCUT2D eigenvalue weighted by atomic mass is 19.1. The van der Waals surface area contributed by atoms with Crippen LogP contribution in [0, 0.1) is 5.82 Å². The standard InChI is InChI=1S/C26H25FN4O2/c1-2-19-5-3-7-22-23(19)26(32)33-25(29-22)21-6-4-12-28-24(21)31-15-13-30(14-16-31)17-18-8-10-20(27)11-9-18/h3-12H,2,13-17H2,1H3. The number of benzene rings is 2. The molecule has 1 aliphatic heterocycles. The largest absolute Gasteiger partial charge is 0.403 e. The van der Waals surface area contributed by atoms with Gasteiger partial charge in [-0.25, -0.2) is 19.2 Å². The van der Waals surface area contributed by atoms with Crippen molar-refractivity contribution in [2.24, 2.45) is 0 Å². The van der Waals surface area contributed by atoms with Crippen LogP contribution in [0.4, 0.5) is 10.2 Å². The normalized spacial score (nSPS) is 14.7. The smallest absolute Gasteiger partial charge is 0.347 e. The van der Waals surface area contributed by atoms with E-state index in [4.69, 9.17) is 4.42 Å². The zero-order valence-electron chi connectivity index (χ0n) is 18.5. The van der Waals surface area contributed by atoms with E-state index in [0.29, 0.717) is 16.5 Å². The number of halogens is 1. The van der Waals surface area contributed by atoms with E-state index >= 15 is 0 Å². The van der Waals surface area contributed by atoms with Gasteiger partial charge in [-0.05, 0) is 47.9 Å². The van der Waals surface area contributed by atoms with Crippen LogP contribution in [0.15, 0.2) is 70.0 Å². The molecule has 0 saturated carbocycles. The van der Waals surface area contributed by atoms with Crippen molar-refractivity contribution in [1.82, 2.24) is 14.9 Å². The summed E-state index contributed by atoms with van der Waals surface area (Å²) in [4.78, 5) is 26.6.